The second-order valence-corrected chi connectivity index (χ2v) is 6.37. The first kappa shape index (κ1) is 25.6. The van der Waals surface area contributed by atoms with Crippen LogP contribution in [0.1, 0.15) is 56.0 Å². The molecule has 1 amide bonds. The van der Waals surface area contributed by atoms with Gasteiger partial charge in [-0.3, -0.25) is 4.79 Å². The Morgan fingerprint density at radius 2 is 1.40 bits per heavy atom. The lowest BCUT2D eigenvalue weighted by Crippen LogP contribution is -2.44. The number of hydrogen-bond donors (Lipinski definition) is 1. The Kier molecular flexibility index (Phi) is 12.5. The zero-order valence-electron chi connectivity index (χ0n) is 17.6. The van der Waals surface area contributed by atoms with Gasteiger partial charge < -0.3 is 14.8 Å². The first-order chi connectivity index (χ1) is 14.2. The van der Waals surface area contributed by atoms with E-state index in [0.29, 0.717) is 0 Å². The molecule has 0 aromatic heterocycles. The first-order valence-electron chi connectivity index (χ1n) is 8.68. The molecule has 0 heterocycles. The molecule has 0 aromatic rings. The van der Waals surface area contributed by atoms with Crippen LogP contribution in [0.3, 0.4) is 0 Å². The van der Waals surface area contributed by atoms with E-state index < -0.39 is 29.8 Å². The molecular weight excluding hydrogens is 378 g/mol. The highest BCUT2D eigenvalue weighted by Gasteiger charge is 2.23. The number of alkyl carbamates (subject to hydrolysis) is 1. The standard InChI is InChI=1S/C25H21NO4.15H2/c1-7-8-9-10-11-12-13-14-15-16-17-18-19-20-23(29-22(3)27)21(2)26-24(28)30-25(4,5)6;;;;;;;;;;;;;;;/h20-21,23H,1H2,2-6H3,(H,26,28);15*1H/t21-,23-;;;;;;;;;;;;;;;/m0.............../s1. The minimum absolute atomic E-state index is 0. The van der Waals surface area contributed by atoms with Gasteiger partial charge in [-0.05, 0) is 97.3 Å². The van der Waals surface area contributed by atoms with E-state index in [-0.39, 0.29) is 21.4 Å². The van der Waals surface area contributed by atoms with Crippen LogP contribution in [0.25, 0.3) is 0 Å². The van der Waals surface area contributed by atoms with Crippen LogP contribution < -0.4 is 5.32 Å². The summed E-state index contributed by atoms with van der Waals surface area (Å²) in [5.41, 5.74) is 31.7. The third kappa shape index (κ3) is 15.8. The van der Waals surface area contributed by atoms with Gasteiger partial charge in [-0.2, -0.15) is 0 Å². The molecule has 0 rings (SSSR count). The highest BCUT2D eigenvalue weighted by Crippen LogP contribution is 2.08. The van der Waals surface area contributed by atoms with Gasteiger partial charge in [0.25, 0.3) is 0 Å². The summed E-state index contributed by atoms with van der Waals surface area (Å²) in [6.45, 7) is 11.5. The Labute approximate surface area is 198 Å². The summed E-state index contributed by atoms with van der Waals surface area (Å²) in [6, 6.07) is -0.559. The van der Waals surface area contributed by atoms with Crippen LogP contribution in [0, 0.1) is 0 Å². The van der Waals surface area contributed by atoms with Gasteiger partial charge in [-0.1, -0.05) is 11.5 Å². The molecule has 180 valence electrons. The monoisotopic (exact) mass is 429 g/mol. The molecule has 0 bridgehead atoms. The molecule has 0 spiro atoms. The summed E-state index contributed by atoms with van der Waals surface area (Å²) in [5.74, 6) is -0.511. The minimum atomic E-state index is -0.776. The van der Waals surface area contributed by atoms with E-state index in [9.17, 15) is 9.59 Å². The van der Waals surface area contributed by atoms with Crippen molar-refractivity contribution in [2.45, 2.75) is 52.4 Å². The number of amides is 1. The van der Waals surface area contributed by atoms with Gasteiger partial charge in [0.15, 0.2) is 0 Å². The van der Waals surface area contributed by atoms with Gasteiger partial charge in [0.05, 0.1) is 6.04 Å². The maximum Gasteiger partial charge on any atom is 0.408 e. The van der Waals surface area contributed by atoms with Crippen LogP contribution >= 0.6 is 0 Å². The van der Waals surface area contributed by atoms with Crippen molar-refractivity contribution in [3.8, 4) is 0 Å². The molecule has 0 unspecified atom stereocenters. The Hall–Kier alpha value is -4.38. The summed E-state index contributed by atoms with van der Waals surface area (Å²) in [6.07, 6.45) is 0.0185. The van der Waals surface area contributed by atoms with E-state index in [1.165, 1.54) is 13.0 Å². The molecule has 0 aliphatic heterocycles. The van der Waals surface area contributed by atoms with E-state index in [2.05, 4.69) is 86.4 Å². The fraction of sp³-hybridized carbons (Fsp3) is 0.320. The molecule has 5 heteroatoms. The van der Waals surface area contributed by atoms with E-state index in [1.807, 2.05) is 0 Å². The summed E-state index contributed by atoms with van der Waals surface area (Å²) in [7, 11) is 0. The topological polar surface area (TPSA) is 64.6 Å². The molecule has 0 aromatic carbocycles. The highest BCUT2D eigenvalue weighted by atomic mass is 16.6. The van der Waals surface area contributed by atoms with E-state index >= 15 is 0 Å². The van der Waals surface area contributed by atoms with E-state index in [1.54, 1.807) is 27.7 Å². The minimum Gasteiger partial charge on any atom is -0.455 e. The second kappa shape index (κ2) is 14.6. The van der Waals surface area contributed by atoms with Crippen LogP contribution in [-0.2, 0) is 14.3 Å². The van der Waals surface area contributed by atoms with Crippen LogP contribution in [0.4, 0.5) is 4.79 Å². The Morgan fingerprint density at radius 1 is 0.933 bits per heavy atom. The predicted molar refractivity (Wildman–Crippen MR) is 142 cm³/mol. The first-order valence-corrected chi connectivity index (χ1v) is 8.68. The van der Waals surface area contributed by atoms with Crippen molar-refractivity contribution in [2.24, 2.45) is 0 Å². The second-order valence-electron chi connectivity index (χ2n) is 6.37. The molecule has 0 radical (unpaired) electrons. The zero-order chi connectivity index (χ0) is 22.8. The molecule has 5 nitrogen and oxygen atoms in total. The van der Waals surface area contributed by atoms with Crippen LogP contribution in [0.5, 0.6) is 0 Å². The largest absolute Gasteiger partial charge is 0.455 e. The molecule has 1 N–H and O–H groups in total. The lowest BCUT2D eigenvalue weighted by atomic mass is 10.2. The van der Waals surface area contributed by atoms with Crippen molar-refractivity contribution in [2.75, 3.05) is 0 Å². The number of rotatable bonds is 4. The van der Waals surface area contributed by atoms with Gasteiger partial charge in [0.2, 0.25) is 0 Å². The van der Waals surface area contributed by atoms with E-state index in [0.717, 1.165) is 0 Å². The van der Waals surface area contributed by atoms with Crippen LogP contribution in [-0.4, -0.2) is 29.8 Å². The average Bonchev–Trinajstić information content (AvgIpc) is 2.62. The molecule has 0 saturated carbocycles. The molecular formula is C25H51NO4. The van der Waals surface area contributed by atoms with Gasteiger partial charge in [0.1, 0.15) is 11.7 Å². The Bertz CT molecular complexity index is 1190. The summed E-state index contributed by atoms with van der Waals surface area (Å²) in [4.78, 5) is 23.1. The maximum atomic E-state index is 11.9. The fourth-order valence-electron chi connectivity index (χ4n) is 1.53. The number of esters is 1. The number of carbonyl (C=O) groups is 2. The predicted octanol–water partition coefficient (Wildman–Crippen LogP) is 7.72. The van der Waals surface area contributed by atoms with Gasteiger partial charge in [0, 0.05) is 34.4 Å². The molecule has 0 fully saturated rings. The van der Waals surface area contributed by atoms with E-state index in [4.69, 9.17) is 9.47 Å². The summed E-state index contributed by atoms with van der Waals surface area (Å²) >= 11 is 0. The zero-order valence-corrected chi connectivity index (χ0v) is 17.6. The fourth-order valence-corrected chi connectivity index (χ4v) is 1.53. The lowest BCUT2D eigenvalue weighted by Gasteiger charge is -2.24. The molecule has 30 heavy (non-hydrogen) atoms. The Balaban J connectivity index is -0.0000000400. The SMILES string of the molecule is C=C=C=C=C=C=C=C=C=C=C=C=C=C=C[C@H](OC(C)=O)[C@H](C)NC(=O)OC(C)(C)C.[HH].[HH].[HH].[HH].[HH].[HH].[HH].[HH].[HH].[HH].[HH].[HH].[HH].[HH].[HH]. The average molecular weight is 430 g/mol. The van der Waals surface area contributed by atoms with Crippen LogP contribution in [0.2, 0.25) is 0 Å². The van der Waals surface area contributed by atoms with Crippen molar-refractivity contribution in [1.29, 1.82) is 0 Å². The summed E-state index contributed by atoms with van der Waals surface area (Å²) in [5, 5.41) is 2.60. The van der Waals surface area contributed by atoms with Crippen molar-refractivity contribution in [3.05, 3.63) is 87.2 Å². The van der Waals surface area contributed by atoms with Crippen LogP contribution in [0.15, 0.2) is 87.2 Å². The molecule has 0 aliphatic carbocycles. The quantitative estimate of drug-likeness (QED) is 0.367. The van der Waals surface area contributed by atoms with Crippen molar-refractivity contribution < 1.29 is 40.5 Å². The third-order valence-corrected chi connectivity index (χ3v) is 2.57. The number of carbonyl (C=O) groups excluding carboxylic acids is 2. The van der Waals surface area contributed by atoms with Gasteiger partial charge >= 0.3 is 12.1 Å². The molecule has 0 aliphatic rings. The lowest BCUT2D eigenvalue weighted by molar-refractivity contribution is -0.145. The Morgan fingerprint density at radius 3 is 1.83 bits per heavy atom. The smallest absolute Gasteiger partial charge is 0.408 e. The number of nitrogens with one attached hydrogen (secondary N) is 1. The number of hydrogen-bond acceptors (Lipinski definition) is 4. The van der Waals surface area contributed by atoms with Gasteiger partial charge in [-0.15, -0.1) is 0 Å². The van der Waals surface area contributed by atoms with Gasteiger partial charge in [-0.25, -0.2) is 4.79 Å². The molecule has 0 saturated heterocycles. The normalized spacial score (nSPS) is 9.90. The summed E-state index contributed by atoms with van der Waals surface area (Å²) < 4.78 is 10.3. The third-order valence-electron chi connectivity index (χ3n) is 2.57. The maximum absolute atomic E-state index is 11.9. The number of ether oxygens (including phenoxy) is 2. The van der Waals surface area contributed by atoms with Crippen molar-refractivity contribution >= 4 is 12.1 Å². The van der Waals surface area contributed by atoms with Crippen molar-refractivity contribution in [1.82, 2.24) is 5.32 Å². The molecule has 2 atom stereocenters. The van der Waals surface area contributed by atoms with Crippen molar-refractivity contribution in [3.63, 3.8) is 0 Å². The highest BCUT2D eigenvalue weighted by molar-refractivity contribution is 5.69.